The van der Waals surface area contributed by atoms with E-state index in [-0.39, 0.29) is 18.0 Å². The number of benzene rings is 3. The van der Waals surface area contributed by atoms with Crippen molar-refractivity contribution in [2.75, 3.05) is 4.90 Å². The van der Waals surface area contributed by atoms with Gasteiger partial charge in [-0.3, -0.25) is 14.9 Å². The summed E-state index contributed by atoms with van der Waals surface area (Å²) in [7, 11) is 0. The van der Waals surface area contributed by atoms with Crippen molar-refractivity contribution in [2.24, 2.45) is 0 Å². The number of imide groups is 2. The Balaban J connectivity index is 1.67. The minimum atomic E-state index is -0.840. The van der Waals surface area contributed by atoms with Gasteiger partial charge < -0.3 is 4.74 Å². The van der Waals surface area contributed by atoms with Gasteiger partial charge in [0.1, 0.15) is 23.7 Å². The number of barbiturate groups is 1. The zero-order valence-corrected chi connectivity index (χ0v) is 20.1. The van der Waals surface area contributed by atoms with Crippen LogP contribution in [0.2, 0.25) is 5.02 Å². The van der Waals surface area contributed by atoms with Crippen molar-refractivity contribution in [3.8, 4) is 5.75 Å². The number of hydrogen-bond acceptors (Lipinski definition) is 4. The van der Waals surface area contributed by atoms with Crippen LogP contribution in [-0.2, 0) is 16.2 Å². The second-order valence-corrected chi connectivity index (χ2v) is 8.78. The molecule has 6 nitrogen and oxygen atoms in total. The second kappa shape index (κ2) is 9.79. The summed E-state index contributed by atoms with van der Waals surface area (Å²) in [5, 5.41) is 2.56. The smallest absolute Gasteiger partial charge is 0.335 e. The molecule has 1 aliphatic rings. The molecule has 0 bridgehead atoms. The highest BCUT2D eigenvalue weighted by molar-refractivity contribution is 9.10. The van der Waals surface area contributed by atoms with Gasteiger partial charge in [-0.2, -0.15) is 0 Å². The summed E-state index contributed by atoms with van der Waals surface area (Å²) in [5.41, 5.74) is 1.97. The number of nitrogens with zero attached hydrogens (tertiary/aromatic N) is 1. The van der Waals surface area contributed by atoms with Gasteiger partial charge in [0.2, 0.25) is 0 Å². The zero-order valence-electron chi connectivity index (χ0n) is 17.8. The van der Waals surface area contributed by atoms with Crippen LogP contribution in [0.4, 0.5) is 14.9 Å². The maximum Gasteiger partial charge on any atom is 0.335 e. The molecule has 4 rings (SSSR count). The second-order valence-electron chi connectivity index (χ2n) is 7.49. The number of rotatable bonds is 5. The number of halogens is 3. The van der Waals surface area contributed by atoms with E-state index >= 15 is 0 Å². The predicted molar refractivity (Wildman–Crippen MR) is 130 cm³/mol. The topological polar surface area (TPSA) is 75.7 Å². The van der Waals surface area contributed by atoms with Crippen molar-refractivity contribution in [1.29, 1.82) is 0 Å². The van der Waals surface area contributed by atoms with E-state index in [0.29, 0.717) is 22.0 Å². The summed E-state index contributed by atoms with van der Waals surface area (Å²) in [6.07, 6.45) is 1.33. The molecule has 9 heteroatoms. The van der Waals surface area contributed by atoms with Crippen LogP contribution in [0.15, 0.2) is 70.7 Å². The van der Waals surface area contributed by atoms with Gasteiger partial charge >= 0.3 is 6.03 Å². The van der Waals surface area contributed by atoms with Gasteiger partial charge in [-0.25, -0.2) is 14.1 Å². The minimum absolute atomic E-state index is 0.126. The van der Waals surface area contributed by atoms with E-state index in [4.69, 9.17) is 16.3 Å². The van der Waals surface area contributed by atoms with E-state index in [1.165, 1.54) is 18.2 Å². The Morgan fingerprint density at radius 2 is 1.79 bits per heavy atom. The summed E-state index contributed by atoms with van der Waals surface area (Å²) < 4.78 is 19.8. The van der Waals surface area contributed by atoms with Gasteiger partial charge in [0.05, 0.1) is 5.69 Å². The molecule has 1 saturated heterocycles. The Labute approximate surface area is 208 Å². The molecule has 0 spiro atoms. The molecule has 0 unspecified atom stereocenters. The molecule has 3 aromatic carbocycles. The number of hydrogen-bond donors (Lipinski definition) is 1. The van der Waals surface area contributed by atoms with E-state index in [2.05, 4.69) is 21.2 Å². The van der Waals surface area contributed by atoms with Crippen LogP contribution in [-0.4, -0.2) is 17.8 Å². The van der Waals surface area contributed by atoms with Crippen LogP contribution < -0.4 is 15.0 Å². The van der Waals surface area contributed by atoms with Gasteiger partial charge in [-0.1, -0.05) is 39.7 Å². The molecule has 0 saturated carbocycles. The first kappa shape index (κ1) is 23.7. The fraction of sp³-hybridized carbons (Fsp3) is 0.0800. The number of ether oxygens (including phenoxy) is 1. The van der Waals surface area contributed by atoms with Crippen LogP contribution in [0.1, 0.15) is 16.7 Å². The SMILES string of the molecule is Cc1cc(N2C(=O)NC(=O)/C(=C/c3cc(Cl)ccc3OCc3ccc(F)cc3)C2=O)ccc1Br. The molecular weight excluding hydrogens is 527 g/mol. The summed E-state index contributed by atoms with van der Waals surface area (Å²) in [6.45, 7) is 1.94. The third-order valence-electron chi connectivity index (χ3n) is 5.08. The van der Waals surface area contributed by atoms with E-state index in [0.717, 1.165) is 20.5 Å². The standard InChI is InChI=1S/C25H17BrClFN2O4/c1-14-10-19(7-8-21(14)26)30-24(32)20(23(31)29-25(30)33)12-16-11-17(27)4-9-22(16)34-13-15-2-5-18(28)6-3-15/h2-12H,13H2,1H3,(H,29,31,33)/b20-12-. The van der Waals surface area contributed by atoms with Crippen LogP contribution in [0, 0.1) is 12.7 Å². The maximum absolute atomic E-state index is 13.2. The molecule has 172 valence electrons. The number of aryl methyl sites for hydroxylation is 1. The van der Waals surface area contributed by atoms with E-state index in [9.17, 15) is 18.8 Å². The third-order valence-corrected chi connectivity index (χ3v) is 6.21. The number of nitrogens with one attached hydrogen (secondary N) is 1. The molecule has 0 radical (unpaired) electrons. The fourth-order valence-electron chi connectivity index (χ4n) is 3.32. The monoisotopic (exact) mass is 542 g/mol. The average molecular weight is 544 g/mol. The lowest BCUT2D eigenvalue weighted by Gasteiger charge is -2.27. The van der Waals surface area contributed by atoms with Crippen molar-refractivity contribution in [3.63, 3.8) is 0 Å². The molecule has 1 N–H and O–H groups in total. The first-order chi connectivity index (χ1) is 16.2. The van der Waals surface area contributed by atoms with Gasteiger partial charge in [0.15, 0.2) is 0 Å². The summed E-state index contributed by atoms with van der Waals surface area (Å²) in [6, 6.07) is 14.7. The molecule has 1 heterocycles. The number of carbonyl (C=O) groups is 3. The van der Waals surface area contributed by atoms with Crippen molar-refractivity contribution in [1.82, 2.24) is 5.32 Å². The molecule has 1 aliphatic heterocycles. The normalized spacial score (nSPS) is 15.0. The van der Waals surface area contributed by atoms with Crippen LogP contribution in [0.25, 0.3) is 6.08 Å². The van der Waals surface area contributed by atoms with Crippen molar-refractivity contribution in [3.05, 3.63) is 98.2 Å². The van der Waals surface area contributed by atoms with E-state index < -0.39 is 17.8 Å². The molecule has 4 amide bonds. The van der Waals surface area contributed by atoms with Crippen molar-refractivity contribution < 1.29 is 23.5 Å². The highest BCUT2D eigenvalue weighted by atomic mass is 79.9. The van der Waals surface area contributed by atoms with Crippen molar-refractivity contribution in [2.45, 2.75) is 13.5 Å². The third kappa shape index (κ3) is 5.03. The maximum atomic E-state index is 13.2. The van der Waals surface area contributed by atoms with Gasteiger partial charge in [0, 0.05) is 15.1 Å². The number of carbonyl (C=O) groups excluding carboxylic acids is 3. The van der Waals surface area contributed by atoms with E-state index in [1.54, 1.807) is 48.5 Å². The molecule has 0 atom stereocenters. The lowest BCUT2D eigenvalue weighted by atomic mass is 10.1. The van der Waals surface area contributed by atoms with Gasteiger partial charge in [0.25, 0.3) is 11.8 Å². The van der Waals surface area contributed by atoms with Crippen LogP contribution >= 0.6 is 27.5 Å². The summed E-state index contributed by atoms with van der Waals surface area (Å²) in [5.74, 6) is -1.61. The average Bonchev–Trinajstić information content (AvgIpc) is 2.79. The summed E-state index contributed by atoms with van der Waals surface area (Å²) >= 11 is 9.53. The Morgan fingerprint density at radius 1 is 1.06 bits per heavy atom. The fourth-order valence-corrected chi connectivity index (χ4v) is 3.75. The summed E-state index contributed by atoms with van der Waals surface area (Å²) in [4.78, 5) is 39.1. The molecule has 0 aromatic heterocycles. The zero-order chi connectivity index (χ0) is 24.4. The van der Waals surface area contributed by atoms with Gasteiger partial charge in [-0.05, 0) is 72.7 Å². The number of amides is 4. The molecule has 3 aromatic rings. The lowest BCUT2D eigenvalue weighted by molar-refractivity contribution is -0.122. The molecule has 34 heavy (non-hydrogen) atoms. The number of anilines is 1. The van der Waals surface area contributed by atoms with E-state index in [1.807, 2.05) is 6.92 Å². The Morgan fingerprint density at radius 3 is 2.50 bits per heavy atom. The first-order valence-electron chi connectivity index (χ1n) is 10.1. The Hall–Kier alpha value is -3.49. The Bertz CT molecular complexity index is 1340. The highest BCUT2D eigenvalue weighted by Gasteiger charge is 2.37. The number of urea groups is 1. The predicted octanol–water partition coefficient (Wildman–Crippen LogP) is 5.80. The quantitative estimate of drug-likeness (QED) is 0.326. The van der Waals surface area contributed by atoms with Crippen molar-refractivity contribution >= 4 is 57.1 Å². The highest BCUT2D eigenvalue weighted by Crippen LogP contribution is 2.30. The van der Waals surface area contributed by atoms with Crippen LogP contribution in [0.3, 0.4) is 0 Å². The molecule has 1 fully saturated rings. The lowest BCUT2D eigenvalue weighted by Crippen LogP contribution is -2.54. The molecular formula is C25H17BrClFN2O4. The first-order valence-corrected chi connectivity index (χ1v) is 11.2. The largest absolute Gasteiger partial charge is 0.488 e. The Kier molecular flexibility index (Phi) is 6.81. The minimum Gasteiger partial charge on any atom is -0.488 e. The van der Waals surface area contributed by atoms with Gasteiger partial charge in [-0.15, -0.1) is 0 Å². The van der Waals surface area contributed by atoms with Crippen LogP contribution in [0.5, 0.6) is 5.75 Å². The molecule has 0 aliphatic carbocycles.